The molecule has 0 aliphatic heterocycles. The van der Waals surface area contributed by atoms with Gasteiger partial charge in [-0.2, -0.15) is 0 Å². The van der Waals surface area contributed by atoms with Gasteiger partial charge in [-0.15, -0.1) is 0 Å². The van der Waals surface area contributed by atoms with Crippen molar-refractivity contribution in [3.05, 3.63) is 40.4 Å². The Kier molecular flexibility index (Phi) is 15.4. The van der Waals surface area contributed by atoms with Crippen LogP contribution in [0, 0.1) is 11.8 Å². The van der Waals surface area contributed by atoms with Crippen LogP contribution in [0.15, 0.2) is 29.8 Å². The highest BCUT2D eigenvalue weighted by Gasteiger charge is 2.35. The molecule has 0 aliphatic carbocycles. The van der Waals surface area contributed by atoms with E-state index in [2.05, 4.69) is 12.2 Å². The molecular formula is C29H43ClNO9-. The lowest BCUT2D eigenvalue weighted by atomic mass is 9.85. The minimum atomic E-state index is -1.61. The van der Waals surface area contributed by atoms with Gasteiger partial charge >= 0.3 is 0 Å². The van der Waals surface area contributed by atoms with E-state index in [0.717, 1.165) is 19.3 Å². The van der Waals surface area contributed by atoms with Gasteiger partial charge in [0.05, 0.1) is 23.1 Å². The Morgan fingerprint density at radius 2 is 1.80 bits per heavy atom. The molecule has 0 fully saturated rings. The molecule has 0 radical (unpaired) electrons. The van der Waals surface area contributed by atoms with Gasteiger partial charge in [0.2, 0.25) is 0 Å². The zero-order valence-corrected chi connectivity index (χ0v) is 24.8. The molecule has 7 atom stereocenters. The van der Waals surface area contributed by atoms with Crippen LogP contribution >= 0.6 is 11.6 Å². The number of ether oxygens (including phenoxy) is 2. The molecule has 0 unspecified atom stereocenters. The summed E-state index contributed by atoms with van der Waals surface area (Å²) in [7, 11) is 1.28. The topological polar surface area (TPSA) is 165 Å². The third kappa shape index (κ3) is 10.5. The van der Waals surface area contributed by atoms with Crippen molar-refractivity contribution in [2.24, 2.45) is 11.8 Å². The molecule has 10 nitrogen and oxygen atoms in total. The van der Waals surface area contributed by atoms with E-state index in [9.17, 15) is 34.8 Å². The Hall–Kier alpha value is -2.50. The second kappa shape index (κ2) is 17.3. The fourth-order valence-corrected chi connectivity index (χ4v) is 4.58. The van der Waals surface area contributed by atoms with Crippen molar-refractivity contribution in [2.45, 2.75) is 90.8 Å². The van der Waals surface area contributed by atoms with Gasteiger partial charge in [-0.3, -0.25) is 9.59 Å². The number of carboxylic acids is 1. The summed E-state index contributed by atoms with van der Waals surface area (Å²) in [5.74, 6) is -3.78. The summed E-state index contributed by atoms with van der Waals surface area (Å²) in [5, 5.41) is 45.4. The second-order valence-electron chi connectivity index (χ2n) is 10.0. The van der Waals surface area contributed by atoms with Crippen LogP contribution in [0.1, 0.15) is 59.4 Å². The van der Waals surface area contributed by atoms with E-state index >= 15 is 0 Å². The Morgan fingerprint density at radius 1 is 1.15 bits per heavy atom. The number of aliphatic hydroxyl groups excluding tert-OH is 2. The predicted octanol–water partition coefficient (Wildman–Crippen LogP) is 1.94. The van der Waals surface area contributed by atoms with Gasteiger partial charge in [0.15, 0.2) is 11.9 Å². The maximum Gasteiger partial charge on any atom is 0.252 e. The van der Waals surface area contributed by atoms with Crippen LogP contribution in [0.25, 0.3) is 0 Å². The third-order valence-corrected chi connectivity index (χ3v) is 7.20. The number of unbranched alkanes of at least 4 members (excludes halogenated alkanes) is 1. The Balaban J connectivity index is 3.07. The van der Waals surface area contributed by atoms with E-state index in [1.54, 1.807) is 13.8 Å². The molecule has 0 saturated carbocycles. The van der Waals surface area contributed by atoms with E-state index in [1.165, 1.54) is 38.3 Å². The molecule has 1 aromatic rings. The summed E-state index contributed by atoms with van der Waals surface area (Å²) in [6, 6.07) is 2.61. The molecule has 11 heteroatoms. The quantitative estimate of drug-likeness (QED) is 0.189. The Morgan fingerprint density at radius 3 is 2.33 bits per heavy atom. The number of hydrogen-bond donors (Lipinski definition) is 4. The van der Waals surface area contributed by atoms with Gasteiger partial charge in [0, 0.05) is 19.6 Å². The maximum atomic E-state index is 13.1. The molecule has 0 bridgehead atoms. The maximum absolute atomic E-state index is 13.1. The number of allylic oxidation sites excluding steroid dienone is 1. The summed E-state index contributed by atoms with van der Waals surface area (Å²) >= 11 is 5.89. The first-order valence-electron chi connectivity index (χ1n) is 13.5. The molecule has 0 aromatic heterocycles. The fraction of sp³-hybridized carbons (Fsp3) is 0.621. The molecule has 1 rings (SSSR count). The van der Waals surface area contributed by atoms with Gasteiger partial charge in [-0.1, -0.05) is 51.3 Å². The van der Waals surface area contributed by atoms with Crippen molar-refractivity contribution in [1.82, 2.24) is 5.32 Å². The van der Waals surface area contributed by atoms with E-state index in [0.29, 0.717) is 5.56 Å². The smallest absolute Gasteiger partial charge is 0.252 e. The van der Waals surface area contributed by atoms with Crippen molar-refractivity contribution < 1.29 is 44.3 Å². The van der Waals surface area contributed by atoms with Crippen molar-refractivity contribution in [3.63, 3.8) is 0 Å². The molecule has 1 amide bonds. The molecule has 1 aromatic carbocycles. The number of phenolic OH excluding ortho intramolecular Hbond substituents is 1. The SMILES string of the molecule is CCCC[C@@H](C)[C@H](O)[C@H](C)C(=O)/C(C)=C/[C@@H](OC)[C@@H](O)[C@@H](OCC)C(=O)N[C@H](Cc1ccc(O)c(Cl)c1)C(=O)[O-]. The van der Waals surface area contributed by atoms with Gasteiger partial charge in [0.1, 0.15) is 18.0 Å². The first-order chi connectivity index (χ1) is 18.8. The van der Waals surface area contributed by atoms with Crippen LogP contribution in [0.2, 0.25) is 5.02 Å². The highest BCUT2D eigenvalue weighted by molar-refractivity contribution is 6.32. The lowest BCUT2D eigenvalue weighted by Crippen LogP contribution is -2.56. The van der Waals surface area contributed by atoms with Crippen LogP contribution in [0.5, 0.6) is 5.75 Å². The van der Waals surface area contributed by atoms with E-state index in [-0.39, 0.29) is 41.1 Å². The summed E-state index contributed by atoms with van der Waals surface area (Å²) in [5.41, 5.74) is 0.644. The number of nitrogens with one attached hydrogen (secondary N) is 1. The molecule has 226 valence electrons. The molecule has 0 aliphatic rings. The van der Waals surface area contributed by atoms with Gasteiger partial charge in [0.25, 0.3) is 5.91 Å². The zero-order valence-electron chi connectivity index (χ0n) is 24.1. The standard InChI is InChI=1S/C29H44ClNO9/c1-7-9-10-16(3)24(33)18(5)25(34)17(4)13-23(39-6)26(35)27(40-8-2)28(36)31-21(29(37)38)15-19-11-12-22(32)20(30)14-19/h11-14,16,18,21,23-24,26-27,32-33,35H,7-10,15H2,1-6H3,(H,31,36)(H,37,38)/p-1/b17-13+/t16-,18+,21-,23-,24+,26-,27-/m1/s1. The number of carboxylic acid groups (broad SMARTS) is 1. The number of Topliss-reactive ketones (excluding diaryl/α,β-unsaturated/α-hetero) is 1. The predicted molar refractivity (Wildman–Crippen MR) is 149 cm³/mol. The molecule has 0 spiro atoms. The summed E-state index contributed by atoms with van der Waals surface area (Å²) in [6.07, 6.45) is -1.30. The van der Waals surface area contributed by atoms with E-state index in [1.807, 2.05) is 6.92 Å². The van der Waals surface area contributed by atoms with Crippen LogP contribution in [0.3, 0.4) is 0 Å². The number of aromatic hydroxyl groups is 1. The number of phenols is 1. The van der Waals surface area contributed by atoms with Gasteiger partial charge in [-0.05, 0) is 62.0 Å². The van der Waals surface area contributed by atoms with Crippen molar-refractivity contribution in [2.75, 3.05) is 13.7 Å². The lowest BCUT2D eigenvalue weighted by Gasteiger charge is -2.29. The minimum absolute atomic E-state index is 0.00956. The first kappa shape index (κ1) is 35.5. The molecular weight excluding hydrogens is 542 g/mol. The normalized spacial score (nSPS) is 17.3. The average Bonchev–Trinajstić information content (AvgIpc) is 2.92. The fourth-order valence-electron chi connectivity index (χ4n) is 4.38. The van der Waals surface area contributed by atoms with Gasteiger partial charge in [-0.25, -0.2) is 0 Å². The number of rotatable bonds is 18. The molecule has 40 heavy (non-hydrogen) atoms. The number of ketones is 1. The van der Waals surface area contributed by atoms with Crippen molar-refractivity contribution >= 4 is 29.3 Å². The monoisotopic (exact) mass is 584 g/mol. The first-order valence-corrected chi connectivity index (χ1v) is 13.9. The van der Waals surface area contributed by atoms with Gasteiger partial charge < -0.3 is 40.0 Å². The van der Waals surface area contributed by atoms with Crippen LogP contribution in [-0.2, 0) is 30.3 Å². The highest BCUT2D eigenvalue weighted by atomic mass is 35.5. The summed E-state index contributed by atoms with van der Waals surface area (Å²) < 4.78 is 10.8. The van der Waals surface area contributed by atoms with Crippen molar-refractivity contribution in [1.29, 1.82) is 0 Å². The molecule has 0 heterocycles. The van der Waals surface area contributed by atoms with Crippen molar-refractivity contribution in [3.8, 4) is 5.75 Å². The van der Waals surface area contributed by atoms with Crippen LogP contribution in [0.4, 0.5) is 0 Å². The van der Waals surface area contributed by atoms with E-state index < -0.39 is 48.3 Å². The van der Waals surface area contributed by atoms with Crippen LogP contribution in [-0.4, -0.2) is 77.2 Å². The molecule has 4 N–H and O–H groups in total. The average molecular weight is 585 g/mol. The summed E-state index contributed by atoms with van der Waals surface area (Å²) in [6.45, 7) is 8.73. The highest BCUT2D eigenvalue weighted by Crippen LogP contribution is 2.25. The minimum Gasteiger partial charge on any atom is -0.548 e. The largest absolute Gasteiger partial charge is 0.548 e. The number of benzene rings is 1. The third-order valence-electron chi connectivity index (χ3n) is 6.90. The number of aliphatic hydroxyl groups is 2. The number of aliphatic carboxylic acids is 1. The zero-order chi connectivity index (χ0) is 30.6. The molecule has 0 saturated heterocycles. The number of amides is 1. The number of methoxy groups -OCH3 is 1. The number of hydrogen-bond acceptors (Lipinski definition) is 9. The van der Waals surface area contributed by atoms with E-state index in [4.69, 9.17) is 21.1 Å². The number of carbonyl (C=O) groups is 3. The van der Waals surface area contributed by atoms with Crippen LogP contribution < -0.4 is 10.4 Å². The summed E-state index contributed by atoms with van der Waals surface area (Å²) in [4.78, 5) is 37.9. The second-order valence-corrected chi connectivity index (χ2v) is 10.5. The Bertz CT molecular complexity index is 1020. The number of halogens is 1. The lowest BCUT2D eigenvalue weighted by molar-refractivity contribution is -0.308. The number of carbonyl (C=O) groups excluding carboxylic acids is 3. The Labute approximate surface area is 241 Å².